The molecule has 0 radical (unpaired) electrons. The topological polar surface area (TPSA) is 78.5 Å². The van der Waals surface area contributed by atoms with Crippen molar-refractivity contribution < 1.29 is 23.2 Å². The largest absolute Gasteiger partial charge is 0.351 e. The molecule has 0 saturated carbocycles. The van der Waals surface area contributed by atoms with Gasteiger partial charge in [0.25, 0.3) is 11.8 Å². The Bertz CT molecular complexity index is 971. The number of nitrogens with zero attached hydrogens (tertiary/aromatic N) is 1. The maximum atomic E-state index is 13.9. The van der Waals surface area contributed by atoms with Crippen LogP contribution in [0.2, 0.25) is 0 Å². The molecule has 1 unspecified atom stereocenters. The molecule has 0 bridgehead atoms. The van der Waals surface area contributed by atoms with Gasteiger partial charge in [-0.1, -0.05) is 26.0 Å². The number of hydrogen-bond donors (Lipinski definition) is 2. The van der Waals surface area contributed by atoms with Crippen LogP contribution in [0.1, 0.15) is 47.4 Å². The molecule has 1 saturated heterocycles. The molecule has 0 spiro atoms. The van der Waals surface area contributed by atoms with E-state index in [0.717, 1.165) is 0 Å². The average molecular weight is 443 g/mol. The van der Waals surface area contributed by atoms with E-state index in [0.29, 0.717) is 25.9 Å². The average Bonchev–Trinajstić information content (AvgIpc) is 2.78. The predicted octanol–water partition coefficient (Wildman–Crippen LogP) is 3.14. The summed E-state index contributed by atoms with van der Waals surface area (Å²) < 4.78 is 27.0. The molecule has 1 atom stereocenters. The monoisotopic (exact) mass is 443 g/mol. The summed E-state index contributed by atoms with van der Waals surface area (Å²) in [6.45, 7) is 4.44. The summed E-state index contributed by atoms with van der Waals surface area (Å²) in [5.41, 5.74) is 0.308. The van der Waals surface area contributed by atoms with Crippen molar-refractivity contribution in [2.24, 2.45) is 5.92 Å². The van der Waals surface area contributed by atoms with Crippen molar-refractivity contribution in [3.8, 4) is 0 Å². The first-order valence-electron chi connectivity index (χ1n) is 10.7. The van der Waals surface area contributed by atoms with Gasteiger partial charge < -0.3 is 15.5 Å². The summed E-state index contributed by atoms with van der Waals surface area (Å²) in [6, 6.07) is 10.1. The minimum absolute atomic E-state index is 0.0402. The number of carbonyl (C=O) groups is 3. The van der Waals surface area contributed by atoms with Crippen LogP contribution >= 0.6 is 0 Å². The van der Waals surface area contributed by atoms with E-state index in [1.54, 1.807) is 11.0 Å². The SMILES string of the molecule is CC(C)C(NC(=O)c1ccc(F)cc1)C(=O)NC1CCN(C(=O)c2ccccc2F)CC1. The van der Waals surface area contributed by atoms with Crippen molar-refractivity contribution in [3.63, 3.8) is 0 Å². The Morgan fingerprint density at radius 3 is 2.19 bits per heavy atom. The smallest absolute Gasteiger partial charge is 0.256 e. The summed E-state index contributed by atoms with van der Waals surface area (Å²) in [6.07, 6.45) is 1.06. The zero-order valence-corrected chi connectivity index (χ0v) is 18.1. The fourth-order valence-electron chi connectivity index (χ4n) is 3.68. The van der Waals surface area contributed by atoms with E-state index in [-0.39, 0.29) is 34.9 Å². The number of nitrogens with one attached hydrogen (secondary N) is 2. The number of piperidine rings is 1. The highest BCUT2D eigenvalue weighted by molar-refractivity contribution is 5.97. The van der Waals surface area contributed by atoms with Gasteiger partial charge in [-0.2, -0.15) is 0 Å². The molecule has 1 aliphatic rings. The van der Waals surface area contributed by atoms with E-state index in [1.807, 2.05) is 13.8 Å². The summed E-state index contributed by atoms with van der Waals surface area (Å²) in [4.78, 5) is 39.4. The van der Waals surface area contributed by atoms with Crippen LogP contribution in [0.3, 0.4) is 0 Å². The molecular formula is C24H27F2N3O3. The van der Waals surface area contributed by atoms with E-state index < -0.39 is 23.6 Å². The standard InChI is InChI=1S/C24H27F2N3O3/c1-15(2)21(28-22(30)16-7-9-17(25)10-8-16)23(31)27-18-11-13-29(14-12-18)24(32)19-5-3-4-6-20(19)26/h3-10,15,18,21H,11-14H2,1-2H3,(H,27,31)(H,28,30). The molecule has 1 fully saturated rings. The van der Waals surface area contributed by atoms with Gasteiger partial charge in [0.2, 0.25) is 5.91 Å². The molecular weight excluding hydrogens is 416 g/mol. The maximum Gasteiger partial charge on any atom is 0.256 e. The number of rotatable bonds is 6. The lowest BCUT2D eigenvalue weighted by atomic mass is 9.99. The van der Waals surface area contributed by atoms with Crippen molar-refractivity contribution in [1.29, 1.82) is 0 Å². The van der Waals surface area contributed by atoms with Crippen LogP contribution in [0.5, 0.6) is 0 Å². The molecule has 3 amide bonds. The number of carbonyl (C=O) groups excluding carboxylic acids is 3. The van der Waals surface area contributed by atoms with E-state index in [4.69, 9.17) is 0 Å². The van der Waals surface area contributed by atoms with Crippen LogP contribution in [0.15, 0.2) is 48.5 Å². The molecule has 32 heavy (non-hydrogen) atoms. The van der Waals surface area contributed by atoms with Gasteiger partial charge in [-0.3, -0.25) is 14.4 Å². The first-order valence-corrected chi connectivity index (χ1v) is 10.7. The lowest BCUT2D eigenvalue weighted by Crippen LogP contribution is -2.54. The summed E-state index contributed by atoms with van der Waals surface area (Å²) >= 11 is 0. The van der Waals surface area contributed by atoms with Gasteiger partial charge in [0, 0.05) is 24.7 Å². The van der Waals surface area contributed by atoms with Crippen molar-refractivity contribution in [2.75, 3.05) is 13.1 Å². The summed E-state index contributed by atoms with van der Waals surface area (Å²) in [5, 5.41) is 5.67. The molecule has 8 heteroatoms. The highest BCUT2D eigenvalue weighted by atomic mass is 19.1. The van der Waals surface area contributed by atoms with Crippen molar-refractivity contribution in [3.05, 3.63) is 71.3 Å². The minimum Gasteiger partial charge on any atom is -0.351 e. The fraction of sp³-hybridized carbons (Fsp3) is 0.375. The lowest BCUT2D eigenvalue weighted by molar-refractivity contribution is -0.124. The Hall–Kier alpha value is -3.29. The normalized spacial score (nSPS) is 15.3. The van der Waals surface area contributed by atoms with E-state index in [1.165, 1.54) is 42.5 Å². The van der Waals surface area contributed by atoms with E-state index in [9.17, 15) is 23.2 Å². The number of amides is 3. The third-order valence-corrected chi connectivity index (χ3v) is 5.57. The fourth-order valence-corrected chi connectivity index (χ4v) is 3.68. The van der Waals surface area contributed by atoms with E-state index in [2.05, 4.69) is 10.6 Å². The Labute approximate surface area is 186 Å². The summed E-state index contributed by atoms with van der Waals surface area (Å²) in [5.74, 6) is -2.29. The number of likely N-dealkylation sites (tertiary alicyclic amines) is 1. The second kappa shape index (κ2) is 10.3. The van der Waals surface area contributed by atoms with Crippen LogP contribution in [0.4, 0.5) is 8.78 Å². The molecule has 2 aromatic rings. The number of benzene rings is 2. The molecule has 3 rings (SSSR count). The second-order valence-electron chi connectivity index (χ2n) is 8.26. The summed E-state index contributed by atoms with van der Waals surface area (Å²) in [7, 11) is 0. The first-order chi connectivity index (χ1) is 15.3. The molecule has 2 N–H and O–H groups in total. The maximum absolute atomic E-state index is 13.9. The zero-order valence-electron chi connectivity index (χ0n) is 18.1. The van der Waals surface area contributed by atoms with Gasteiger partial charge in [0.05, 0.1) is 5.56 Å². The van der Waals surface area contributed by atoms with Crippen molar-refractivity contribution in [2.45, 2.75) is 38.8 Å². The molecule has 170 valence electrons. The molecule has 1 heterocycles. The molecule has 1 aliphatic heterocycles. The number of halogens is 2. The van der Waals surface area contributed by atoms with Gasteiger partial charge in [-0.15, -0.1) is 0 Å². The van der Waals surface area contributed by atoms with Crippen molar-refractivity contribution >= 4 is 17.7 Å². The van der Waals surface area contributed by atoms with Gasteiger partial charge in [0.15, 0.2) is 0 Å². The first kappa shape index (κ1) is 23.4. The van der Waals surface area contributed by atoms with Crippen LogP contribution in [-0.4, -0.2) is 47.8 Å². The van der Waals surface area contributed by atoms with Gasteiger partial charge in [0.1, 0.15) is 17.7 Å². The Balaban J connectivity index is 1.55. The second-order valence-corrected chi connectivity index (χ2v) is 8.26. The van der Waals surface area contributed by atoms with E-state index >= 15 is 0 Å². The molecule has 2 aromatic carbocycles. The third-order valence-electron chi connectivity index (χ3n) is 5.57. The van der Waals surface area contributed by atoms with Crippen LogP contribution in [0, 0.1) is 17.6 Å². The lowest BCUT2D eigenvalue weighted by Gasteiger charge is -2.33. The van der Waals surface area contributed by atoms with Crippen LogP contribution in [-0.2, 0) is 4.79 Å². The Morgan fingerprint density at radius 2 is 1.59 bits per heavy atom. The van der Waals surface area contributed by atoms with Crippen LogP contribution in [0.25, 0.3) is 0 Å². The predicted molar refractivity (Wildman–Crippen MR) is 116 cm³/mol. The Morgan fingerprint density at radius 1 is 0.969 bits per heavy atom. The molecule has 0 aliphatic carbocycles. The highest BCUT2D eigenvalue weighted by Gasteiger charge is 2.30. The van der Waals surface area contributed by atoms with Gasteiger partial charge >= 0.3 is 0 Å². The highest BCUT2D eigenvalue weighted by Crippen LogP contribution is 2.17. The quantitative estimate of drug-likeness (QED) is 0.720. The zero-order chi connectivity index (χ0) is 23.3. The molecule has 6 nitrogen and oxygen atoms in total. The van der Waals surface area contributed by atoms with Gasteiger partial charge in [-0.05, 0) is 55.2 Å². The third kappa shape index (κ3) is 5.69. The number of hydrogen-bond acceptors (Lipinski definition) is 3. The van der Waals surface area contributed by atoms with Crippen LogP contribution < -0.4 is 10.6 Å². The Kier molecular flexibility index (Phi) is 7.56. The van der Waals surface area contributed by atoms with Crippen molar-refractivity contribution in [1.82, 2.24) is 15.5 Å². The van der Waals surface area contributed by atoms with Gasteiger partial charge in [-0.25, -0.2) is 8.78 Å². The molecule has 0 aromatic heterocycles. The minimum atomic E-state index is -0.759.